The highest BCUT2D eigenvalue weighted by Crippen LogP contribution is 2.37. The molecule has 0 fully saturated rings. The summed E-state index contributed by atoms with van der Waals surface area (Å²) < 4.78 is 25.1. The molecule has 170 valence electrons. The second-order valence-corrected chi connectivity index (χ2v) is 8.14. The zero-order valence-corrected chi connectivity index (χ0v) is 20.0. The van der Waals surface area contributed by atoms with Crippen LogP contribution >= 0.6 is 15.9 Å². The Balaban J connectivity index is 2.07. The molecule has 0 aliphatic carbocycles. The average Bonchev–Trinajstić information content (AvgIpc) is 2.79. The predicted octanol–water partition coefficient (Wildman–Crippen LogP) is 6.88. The molecule has 0 radical (unpaired) electrons. The fourth-order valence-electron chi connectivity index (χ4n) is 3.07. The van der Waals surface area contributed by atoms with E-state index in [1.807, 2.05) is 6.07 Å². The summed E-state index contributed by atoms with van der Waals surface area (Å²) in [6.07, 6.45) is 8.49. The molecule has 0 aromatic heterocycles. The van der Waals surface area contributed by atoms with Crippen molar-refractivity contribution in [2.45, 2.75) is 45.4 Å². The number of unbranched alkanes of at least 4 members (excludes halogenated alkanes) is 5. The van der Waals surface area contributed by atoms with E-state index in [-0.39, 0.29) is 5.57 Å². The predicted molar refractivity (Wildman–Crippen MR) is 128 cm³/mol. The molecule has 2 aromatic rings. The highest BCUT2D eigenvalue weighted by Gasteiger charge is 2.14. The van der Waals surface area contributed by atoms with Crippen LogP contribution in [0, 0.1) is 17.1 Å². The Morgan fingerprint density at radius 2 is 1.84 bits per heavy atom. The Morgan fingerprint density at radius 1 is 1.16 bits per heavy atom. The van der Waals surface area contributed by atoms with E-state index in [9.17, 15) is 14.4 Å². The first kappa shape index (κ1) is 25.4. The molecular formula is C25H28BrFN2O3. The minimum atomic E-state index is -0.586. The zero-order valence-electron chi connectivity index (χ0n) is 18.4. The van der Waals surface area contributed by atoms with Gasteiger partial charge in [0.15, 0.2) is 11.5 Å². The Morgan fingerprint density at radius 3 is 2.50 bits per heavy atom. The first-order valence-electron chi connectivity index (χ1n) is 10.7. The van der Waals surface area contributed by atoms with Gasteiger partial charge in [0.05, 0.1) is 18.2 Å². The number of nitrogens with zero attached hydrogens (tertiary/aromatic N) is 1. The third-order valence-electron chi connectivity index (χ3n) is 4.77. The molecule has 0 atom stereocenters. The minimum absolute atomic E-state index is 0.0935. The van der Waals surface area contributed by atoms with Crippen molar-refractivity contribution in [3.63, 3.8) is 0 Å². The smallest absolute Gasteiger partial charge is 0.266 e. The second kappa shape index (κ2) is 13.5. The number of hydrogen-bond acceptors (Lipinski definition) is 4. The van der Waals surface area contributed by atoms with Crippen LogP contribution in [-0.4, -0.2) is 19.6 Å². The molecule has 1 amide bonds. The van der Waals surface area contributed by atoms with Gasteiger partial charge < -0.3 is 14.8 Å². The molecule has 32 heavy (non-hydrogen) atoms. The van der Waals surface area contributed by atoms with Crippen LogP contribution in [0.15, 0.2) is 46.4 Å². The Hall–Kier alpha value is -2.85. The van der Waals surface area contributed by atoms with Crippen molar-refractivity contribution in [2.24, 2.45) is 0 Å². The fraction of sp³-hybridized carbons (Fsp3) is 0.360. The molecule has 0 unspecified atom stereocenters. The van der Waals surface area contributed by atoms with E-state index >= 15 is 0 Å². The highest BCUT2D eigenvalue weighted by atomic mass is 79.9. The van der Waals surface area contributed by atoms with Crippen molar-refractivity contribution in [2.75, 3.05) is 19.0 Å². The molecule has 0 spiro atoms. The molecule has 2 rings (SSSR count). The Bertz CT molecular complexity index is 968. The molecule has 0 aliphatic heterocycles. The summed E-state index contributed by atoms with van der Waals surface area (Å²) >= 11 is 3.50. The standard InChI is InChI=1S/C25H28BrFN2O3/c1-3-4-5-6-7-8-13-32-24-22(26)15-18(16-23(24)31-2)14-19(17-28)25(30)29-21-11-9-20(27)10-12-21/h9-12,14-16H,3-8,13H2,1-2H3,(H,29,30)/b19-14+. The van der Waals surface area contributed by atoms with Gasteiger partial charge in [0.25, 0.3) is 5.91 Å². The lowest BCUT2D eigenvalue weighted by atomic mass is 10.1. The minimum Gasteiger partial charge on any atom is -0.493 e. The first-order valence-corrected chi connectivity index (χ1v) is 11.5. The average molecular weight is 503 g/mol. The number of anilines is 1. The van der Waals surface area contributed by atoms with Crippen molar-refractivity contribution in [3.05, 3.63) is 57.8 Å². The molecule has 2 aromatic carbocycles. The monoisotopic (exact) mass is 502 g/mol. The van der Waals surface area contributed by atoms with Gasteiger partial charge in [-0.25, -0.2) is 4.39 Å². The summed E-state index contributed by atoms with van der Waals surface area (Å²) in [6.45, 7) is 2.78. The number of carbonyl (C=O) groups excluding carboxylic acids is 1. The summed E-state index contributed by atoms with van der Waals surface area (Å²) in [5.41, 5.74) is 0.908. The third kappa shape index (κ3) is 8.01. The third-order valence-corrected chi connectivity index (χ3v) is 5.36. The van der Waals surface area contributed by atoms with Crippen LogP contribution in [0.3, 0.4) is 0 Å². The Labute approximate surface area is 197 Å². The number of nitriles is 1. The number of rotatable bonds is 12. The molecule has 1 N–H and O–H groups in total. The molecule has 0 saturated heterocycles. The molecule has 0 saturated carbocycles. The van der Waals surface area contributed by atoms with E-state index in [1.54, 1.807) is 19.2 Å². The lowest BCUT2D eigenvalue weighted by Gasteiger charge is -2.14. The van der Waals surface area contributed by atoms with E-state index in [4.69, 9.17) is 9.47 Å². The van der Waals surface area contributed by atoms with Gasteiger partial charge in [-0.2, -0.15) is 5.26 Å². The summed E-state index contributed by atoms with van der Waals surface area (Å²) in [7, 11) is 1.54. The van der Waals surface area contributed by atoms with Crippen molar-refractivity contribution < 1.29 is 18.7 Å². The number of methoxy groups -OCH3 is 1. The van der Waals surface area contributed by atoms with E-state index in [0.29, 0.717) is 33.8 Å². The molecule has 7 heteroatoms. The zero-order chi connectivity index (χ0) is 23.3. The largest absolute Gasteiger partial charge is 0.493 e. The number of nitrogens with one attached hydrogen (secondary N) is 1. The van der Waals surface area contributed by atoms with Crippen molar-refractivity contribution in [1.82, 2.24) is 0 Å². The fourth-order valence-corrected chi connectivity index (χ4v) is 3.64. The number of amides is 1. The van der Waals surface area contributed by atoms with E-state index in [0.717, 1.165) is 12.8 Å². The molecular weight excluding hydrogens is 475 g/mol. The van der Waals surface area contributed by atoms with Crippen LogP contribution < -0.4 is 14.8 Å². The van der Waals surface area contributed by atoms with E-state index in [1.165, 1.54) is 56.0 Å². The molecule has 0 aliphatic rings. The quantitative estimate of drug-likeness (QED) is 0.195. The maximum atomic E-state index is 13.0. The van der Waals surface area contributed by atoms with Gasteiger partial charge in [-0.1, -0.05) is 39.0 Å². The first-order chi connectivity index (χ1) is 15.5. The number of benzene rings is 2. The van der Waals surface area contributed by atoms with Crippen LogP contribution in [0.25, 0.3) is 6.08 Å². The molecule has 0 heterocycles. The maximum Gasteiger partial charge on any atom is 0.266 e. The van der Waals surface area contributed by atoms with E-state index in [2.05, 4.69) is 28.2 Å². The van der Waals surface area contributed by atoms with Crippen LogP contribution in [0.4, 0.5) is 10.1 Å². The van der Waals surface area contributed by atoms with Gasteiger partial charge in [0.2, 0.25) is 0 Å². The highest BCUT2D eigenvalue weighted by molar-refractivity contribution is 9.10. The second-order valence-electron chi connectivity index (χ2n) is 7.28. The van der Waals surface area contributed by atoms with E-state index < -0.39 is 11.7 Å². The number of halogens is 2. The lowest BCUT2D eigenvalue weighted by molar-refractivity contribution is -0.112. The summed E-state index contributed by atoms with van der Waals surface area (Å²) in [5, 5.41) is 12.0. The van der Waals surface area contributed by atoms with Gasteiger partial charge in [0, 0.05) is 5.69 Å². The van der Waals surface area contributed by atoms with Gasteiger partial charge in [-0.15, -0.1) is 0 Å². The van der Waals surface area contributed by atoms with Crippen LogP contribution in [0.5, 0.6) is 11.5 Å². The van der Waals surface area contributed by atoms with Crippen LogP contribution in [-0.2, 0) is 4.79 Å². The summed E-state index contributed by atoms with van der Waals surface area (Å²) in [5.74, 6) is 0.104. The Kier molecular flexibility index (Phi) is 10.8. The van der Waals surface area contributed by atoms with Crippen LogP contribution in [0.2, 0.25) is 0 Å². The molecule has 0 bridgehead atoms. The normalized spacial score (nSPS) is 11.0. The SMILES string of the molecule is CCCCCCCCOc1c(Br)cc(/C=C(\C#N)C(=O)Nc2ccc(F)cc2)cc1OC. The van der Waals surface area contributed by atoms with Gasteiger partial charge in [-0.05, 0) is 70.4 Å². The van der Waals surface area contributed by atoms with Crippen LogP contribution in [0.1, 0.15) is 51.0 Å². The van der Waals surface area contributed by atoms with Crippen molar-refractivity contribution in [1.29, 1.82) is 5.26 Å². The van der Waals surface area contributed by atoms with Crippen molar-refractivity contribution in [3.8, 4) is 17.6 Å². The number of carbonyl (C=O) groups is 1. The van der Waals surface area contributed by atoms with Gasteiger partial charge in [0.1, 0.15) is 17.5 Å². The van der Waals surface area contributed by atoms with Crippen molar-refractivity contribution >= 4 is 33.6 Å². The summed E-state index contributed by atoms with van der Waals surface area (Å²) in [6, 6.07) is 10.7. The summed E-state index contributed by atoms with van der Waals surface area (Å²) in [4.78, 5) is 12.4. The van der Waals surface area contributed by atoms with Gasteiger partial charge in [-0.3, -0.25) is 4.79 Å². The maximum absolute atomic E-state index is 13.0. The lowest BCUT2D eigenvalue weighted by Crippen LogP contribution is -2.13. The van der Waals surface area contributed by atoms with Gasteiger partial charge >= 0.3 is 0 Å². The number of hydrogen-bond donors (Lipinski definition) is 1. The topological polar surface area (TPSA) is 71.3 Å². The molecule has 5 nitrogen and oxygen atoms in total. The number of ether oxygens (including phenoxy) is 2.